The minimum Gasteiger partial charge on any atom is -0.278 e. The largest absolute Gasteiger partial charge is 0.278 e. The van der Waals surface area contributed by atoms with Gasteiger partial charge in [0, 0.05) is 22.2 Å². The molecule has 160 valence electrons. The number of H-pyrrole nitrogens is 1. The van der Waals surface area contributed by atoms with Gasteiger partial charge in [-0.2, -0.15) is 5.10 Å². The Labute approximate surface area is 188 Å². The van der Waals surface area contributed by atoms with Gasteiger partial charge in [0.15, 0.2) is 10.3 Å². The van der Waals surface area contributed by atoms with E-state index in [2.05, 4.69) is 29.0 Å². The molecule has 1 amide bonds. The number of carbonyl (C=O) groups is 1. The van der Waals surface area contributed by atoms with Gasteiger partial charge in [0.1, 0.15) is 5.82 Å². The molecule has 3 aromatic rings. The van der Waals surface area contributed by atoms with Gasteiger partial charge < -0.3 is 0 Å². The van der Waals surface area contributed by atoms with Gasteiger partial charge in [0.25, 0.3) is 5.91 Å². The Kier molecular flexibility index (Phi) is 6.33. The lowest BCUT2D eigenvalue weighted by atomic mass is 9.99. The lowest BCUT2D eigenvalue weighted by Gasteiger charge is -2.10. The fraction of sp³-hybridized carbons (Fsp3) is 0.273. The van der Waals surface area contributed by atoms with Crippen LogP contribution < -0.4 is 4.90 Å². The van der Waals surface area contributed by atoms with Gasteiger partial charge in [0.2, 0.25) is 0 Å². The molecule has 1 saturated heterocycles. The van der Waals surface area contributed by atoms with Crippen molar-refractivity contribution in [3.8, 4) is 11.3 Å². The number of benzene rings is 1. The van der Waals surface area contributed by atoms with Gasteiger partial charge in [-0.1, -0.05) is 26.7 Å². The summed E-state index contributed by atoms with van der Waals surface area (Å²) in [7, 11) is 0. The third kappa shape index (κ3) is 4.47. The van der Waals surface area contributed by atoms with Crippen molar-refractivity contribution >= 4 is 45.4 Å². The van der Waals surface area contributed by atoms with Crippen molar-refractivity contribution < 1.29 is 9.18 Å². The molecular weight excluding hydrogens is 433 g/mol. The van der Waals surface area contributed by atoms with Crippen LogP contribution in [0, 0.1) is 17.1 Å². The maximum Gasteiger partial charge on any atom is 0.273 e. The number of rotatable bonds is 7. The van der Waals surface area contributed by atoms with Crippen molar-refractivity contribution in [2.24, 2.45) is 5.92 Å². The highest BCUT2D eigenvalue weighted by atomic mass is 32.2. The molecule has 2 N–H and O–H groups in total. The Balaban J connectivity index is 1.57. The SMILES string of the molecule is CCC(CC)Cc1cnc(N2C(=N)SC(=Cc3cn[nH]c3-c3ccc(F)cc3)C2=O)s1. The van der Waals surface area contributed by atoms with Crippen LogP contribution in [0.3, 0.4) is 0 Å². The van der Waals surface area contributed by atoms with Crippen LogP contribution in [-0.2, 0) is 11.2 Å². The Morgan fingerprint density at radius 2 is 1.97 bits per heavy atom. The Morgan fingerprint density at radius 1 is 1.23 bits per heavy atom. The molecule has 4 rings (SSSR count). The molecular formula is C22H22FN5OS2. The van der Waals surface area contributed by atoms with Crippen LogP contribution >= 0.6 is 23.1 Å². The maximum atomic E-state index is 13.2. The summed E-state index contributed by atoms with van der Waals surface area (Å²) >= 11 is 2.57. The van der Waals surface area contributed by atoms with Crippen LogP contribution in [0.25, 0.3) is 17.3 Å². The lowest BCUT2D eigenvalue weighted by molar-refractivity contribution is -0.113. The number of nitrogens with zero attached hydrogens (tertiary/aromatic N) is 3. The predicted molar refractivity (Wildman–Crippen MR) is 125 cm³/mol. The number of halogens is 1. The van der Waals surface area contributed by atoms with Crippen LogP contribution in [0.15, 0.2) is 41.6 Å². The highest BCUT2D eigenvalue weighted by Gasteiger charge is 2.35. The molecule has 0 bridgehead atoms. The topological polar surface area (TPSA) is 85.7 Å². The van der Waals surface area contributed by atoms with Gasteiger partial charge in [0.05, 0.1) is 16.8 Å². The number of thioether (sulfide) groups is 1. The monoisotopic (exact) mass is 455 g/mol. The molecule has 3 heterocycles. The molecule has 1 aromatic carbocycles. The first-order valence-electron chi connectivity index (χ1n) is 10.1. The van der Waals surface area contributed by atoms with E-state index in [4.69, 9.17) is 5.41 Å². The second-order valence-corrected chi connectivity index (χ2v) is 9.38. The van der Waals surface area contributed by atoms with E-state index in [1.54, 1.807) is 24.4 Å². The minimum atomic E-state index is -0.319. The third-order valence-corrected chi connectivity index (χ3v) is 7.18. The van der Waals surface area contributed by atoms with Crippen molar-refractivity contribution in [2.45, 2.75) is 33.1 Å². The van der Waals surface area contributed by atoms with Gasteiger partial charge in [-0.25, -0.2) is 14.3 Å². The number of aromatic amines is 1. The highest BCUT2D eigenvalue weighted by molar-refractivity contribution is 8.19. The highest BCUT2D eigenvalue weighted by Crippen LogP contribution is 2.38. The molecule has 0 radical (unpaired) electrons. The molecule has 0 saturated carbocycles. The second kappa shape index (κ2) is 9.15. The van der Waals surface area contributed by atoms with E-state index in [1.165, 1.54) is 28.4 Å². The summed E-state index contributed by atoms with van der Waals surface area (Å²) in [6, 6.07) is 6.06. The summed E-state index contributed by atoms with van der Waals surface area (Å²) in [5.74, 6) is 0.00308. The molecule has 9 heteroatoms. The molecule has 1 aliphatic heterocycles. The third-order valence-electron chi connectivity index (χ3n) is 5.29. The molecule has 0 spiro atoms. The summed E-state index contributed by atoms with van der Waals surface area (Å²) in [5.41, 5.74) is 2.15. The van der Waals surface area contributed by atoms with Crippen molar-refractivity contribution in [3.63, 3.8) is 0 Å². The van der Waals surface area contributed by atoms with E-state index in [-0.39, 0.29) is 16.9 Å². The molecule has 0 aliphatic carbocycles. The number of carbonyl (C=O) groups excluding carboxylic acids is 1. The molecule has 31 heavy (non-hydrogen) atoms. The predicted octanol–water partition coefficient (Wildman–Crippen LogP) is 5.71. The summed E-state index contributed by atoms with van der Waals surface area (Å²) in [6.45, 7) is 4.36. The molecule has 0 atom stereocenters. The van der Waals surface area contributed by atoms with Crippen LogP contribution in [0.5, 0.6) is 0 Å². The minimum absolute atomic E-state index is 0.131. The zero-order chi connectivity index (χ0) is 22.0. The van der Waals surface area contributed by atoms with E-state index in [9.17, 15) is 9.18 Å². The number of hydrogen-bond donors (Lipinski definition) is 2. The van der Waals surface area contributed by atoms with E-state index in [1.807, 2.05) is 6.20 Å². The number of aromatic nitrogens is 3. The first-order valence-corrected chi connectivity index (χ1v) is 11.7. The van der Waals surface area contributed by atoms with Crippen molar-refractivity contribution in [1.29, 1.82) is 5.41 Å². The zero-order valence-corrected chi connectivity index (χ0v) is 18.8. The average molecular weight is 456 g/mol. The van der Waals surface area contributed by atoms with E-state index in [0.29, 0.717) is 27.2 Å². The van der Waals surface area contributed by atoms with Crippen molar-refractivity contribution in [3.05, 3.63) is 57.8 Å². The van der Waals surface area contributed by atoms with Gasteiger partial charge in [-0.3, -0.25) is 15.3 Å². The van der Waals surface area contributed by atoms with Crippen LogP contribution in [0.2, 0.25) is 0 Å². The van der Waals surface area contributed by atoms with E-state index in [0.717, 1.165) is 41.5 Å². The molecule has 6 nitrogen and oxygen atoms in total. The number of anilines is 1. The van der Waals surface area contributed by atoms with Gasteiger partial charge >= 0.3 is 0 Å². The standard InChI is InChI=1S/C22H22FN5OS2/c1-3-13(4-2)9-17-12-25-22(30-17)28-20(29)18(31-21(28)24)10-15-11-26-27-19(15)14-5-7-16(23)8-6-14/h5-8,10-13,24H,3-4,9H2,1-2H3,(H,26,27). The summed E-state index contributed by atoms with van der Waals surface area (Å²) < 4.78 is 13.2. The van der Waals surface area contributed by atoms with Crippen molar-refractivity contribution in [1.82, 2.24) is 15.2 Å². The van der Waals surface area contributed by atoms with Gasteiger partial charge in [-0.15, -0.1) is 11.3 Å². The van der Waals surface area contributed by atoms with Crippen LogP contribution in [0.1, 0.15) is 37.1 Å². The normalized spacial score (nSPS) is 15.6. The first-order chi connectivity index (χ1) is 15.0. The summed E-state index contributed by atoms with van der Waals surface area (Å²) in [4.78, 5) is 20.4. The van der Waals surface area contributed by atoms with E-state index >= 15 is 0 Å². The van der Waals surface area contributed by atoms with Crippen LogP contribution in [0.4, 0.5) is 9.52 Å². The Morgan fingerprint density at radius 3 is 2.68 bits per heavy atom. The molecule has 0 unspecified atom stereocenters. The fourth-order valence-corrected chi connectivity index (χ4v) is 5.33. The van der Waals surface area contributed by atoms with Gasteiger partial charge in [-0.05, 0) is 54.4 Å². The quantitative estimate of drug-likeness (QED) is 0.447. The lowest BCUT2D eigenvalue weighted by Crippen LogP contribution is -2.27. The number of amides is 1. The number of amidine groups is 1. The number of thiazole rings is 1. The maximum absolute atomic E-state index is 13.2. The fourth-order valence-electron chi connectivity index (χ4n) is 3.41. The Bertz CT molecular complexity index is 1130. The first kappa shape index (κ1) is 21.5. The van der Waals surface area contributed by atoms with Crippen LogP contribution in [-0.4, -0.2) is 26.3 Å². The number of hydrogen-bond acceptors (Lipinski definition) is 6. The summed E-state index contributed by atoms with van der Waals surface area (Å²) in [5, 5.41) is 16.0. The average Bonchev–Trinajstić information content (AvgIpc) is 3.47. The zero-order valence-electron chi connectivity index (χ0n) is 17.2. The molecule has 2 aromatic heterocycles. The number of nitrogens with one attached hydrogen (secondary N) is 2. The molecule has 1 aliphatic rings. The van der Waals surface area contributed by atoms with E-state index < -0.39 is 0 Å². The Hall–Kier alpha value is -2.78. The summed E-state index contributed by atoms with van der Waals surface area (Å²) in [6.07, 6.45) is 8.28. The molecule has 1 fully saturated rings. The van der Waals surface area contributed by atoms with Crippen molar-refractivity contribution in [2.75, 3.05) is 4.90 Å². The smallest absolute Gasteiger partial charge is 0.273 e. The second-order valence-electron chi connectivity index (χ2n) is 7.26.